The Hall–Kier alpha value is -4.01. The molecule has 9 nitrogen and oxygen atoms in total. The smallest absolute Gasteiger partial charge is 0.414 e. The van der Waals surface area contributed by atoms with Crippen molar-refractivity contribution in [2.45, 2.75) is 74.8 Å². The SMILES string of the molecule is CC.CC.CC.CCOC(=O)N1c2cc(OC)c(OC)cc2C(=O)CC1C(C)C.O=C(O)N1CC=Cc2ccccc21. The molecule has 0 radical (unpaired) electrons. The van der Waals surface area contributed by atoms with E-state index in [1.54, 1.807) is 24.0 Å². The maximum atomic E-state index is 12.5. The van der Waals surface area contributed by atoms with Crippen LogP contribution < -0.4 is 19.3 Å². The first-order valence-electron chi connectivity index (χ1n) is 14.7. The molecule has 0 aromatic heterocycles. The van der Waals surface area contributed by atoms with E-state index < -0.39 is 12.2 Å². The second-order valence-corrected chi connectivity index (χ2v) is 8.59. The number of methoxy groups -OCH3 is 2. The Morgan fingerprint density at radius 3 is 2.05 bits per heavy atom. The third-order valence-electron chi connectivity index (χ3n) is 6.07. The Labute approximate surface area is 252 Å². The van der Waals surface area contributed by atoms with Crippen LogP contribution >= 0.6 is 0 Å². The molecule has 0 saturated heterocycles. The highest BCUT2D eigenvalue weighted by Crippen LogP contribution is 2.41. The average molecular weight is 587 g/mol. The van der Waals surface area contributed by atoms with E-state index in [4.69, 9.17) is 19.3 Å². The van der Waals surface area contributed by atoms with Gasteiger partial charge in [0.15, 0.2) is 17.3 Å². The maximum absolute atomic E-state index is 12.5. The molecular formula is C33H50N2O7. The number of carboxylic acid groups (broad SMARTS) is 1. The normalized spacial score (nSPS) is 14.1. The molecule has 0 fully saturated rings. The average Bonchev–Trinajstić information content (AvgIpc) is 3.03. The minimum absolute atomic E-state index is 0.0137. The van der Waals surface area contributed by atoms with Crippen molar-refractivity contribution in [2.75, 3.05) is 37.2 Å². The molecule has 0 aliphatic carbocycles. The third-order valence-corrected chi connectivity index (χ3v) is 6.07. The van der Waals surface area contributed by atoms with Crippen molar-refractivity contribution in [3.63, 3.8) is 0 Å². The summed E-state index contributed by atoms with van der Waals surface area (Å²) in [4.78, 5) is 38.7. The fourth-order valence-corrected chi connectivity index (χ4v) is 4.26. The summed E-state index contributed by atoms with van der Waals surface area (Å²) in [7, 11) is 3.03. The van der Waals surface area contributed by atoms with Gasteiger partial charge < -0.3 is 19.3 Å². The van der Waals surface area contributed by atoms with E-state index in [0.29, 0.717) is 29.3 Å². The number of hydrogen-bond acceptors (Lipinski definition) is 6. The summed E-state index contributed by atoms with van der Waals surface area (Å²) in [6.45, 7) is 18.4. The monoisotopic (exact) mass is 586 g/mol. The minimum atomic E-state index is -0.906. The van der Waals surface area contributed by atoms with Gasteiger partial charge in [0.25, 0.3) is 0 Å². The number of benzene rings is 2. The number of carbonyl (C=O) groups excluding carboxylic acids is 2. The van der Waals surface area contributed by atoms with E-state index in [2.05, 4.69) is 0 Å². The Morgan fingerprint density at radius 2 is 1.52 bits per heavy atom. The number of amides is 2. The molecule has 2 aliphatic heterocycles. The predicted molar refractivity (Wildman–Crippen MR) is 172 cm³/mol. The number of hydrogen-bond donors (Lipinski definition) is 1. The molecule has 0 saturated carbocycles. The van der Waals surface area contributed by atoms with Crippen LogP contribution in [-0.2, 0) is 4.74 Å². The minimum Gasteiger partial charge on any atom is -0.493 e. The van der Waals surface area contributed by atoms with Gasteiger partial charge in [0.1, 0.15) is 0 Å². The summed E-state index contributed by atoms with van der Waals surface area (Å²) in [5.74, 6) is 1.04. The molecule has 1 atom stereocenters. The summed E-state index contributed by atoms with van der Waals surface area (Å²) in [6, 6.07) is 10.5. The Balaban J connectivity index is 0.000000747. The molecule has 2 heterocycles. The Bertz CT molecular complexity index is 1160. The lowest BCUT2D eigenvalue weighted by Crippen LogP contribution is -2.48. The van der Waals surface area contributed by atoms with Crippen molar-refractivity contribution in [3.8, 4) is 11.5 Å². The molecule has 2 aromatic carbocycles. The molecule has 0 bridgehead atoms. The van der Waals surface area contributed by atoms with Crippen molar-refractivity contribution < 1.29 is 33.7 Å². The topological polar surface area (TPSA) is 106 Å². The van der Waals surface area contributed by atoms with Gasteiger partial charge in [-0.3, -0.25) is 14.6 Å². The van der Waals surface area contributed by atoms with Crippen LogP contribution in [0.1, 0.15) is 84.7 Å². The van der Waals surface area contributed by atoms with Crippen LogP contribution in [0.3, 0.4) is 0 Å². The highest BCUT2D eigenvalue weighted by Gasteiger charge is 2.38. The molecule has 4 rings (SSSR count). The van der Waals surface area contributed by atoms with Gasteiger partial charge in [0.2, 0.25) is 0 Å². The zero-order chi connectivity index (χ0) is 32.4. The van der Waals surface area contributed by atoms with Crippen LogP contribution in [0.15, 0.2) is 42.5 Å². The molecule has 1 N–H and O–H groups in total. The van der Waals surface area contributed by atoms with E-state index in [1.807, 2.05) is 91.8 Å². The molecule has 1 unspecified atom stereocenters. The quantitative estimate of drug-likeness (QED) is 0.382. The van der Waals surface area contributed by atoms with Gasteiger partial charge in [-0.2, -0.15) is 0 Å². The van der Waals surface area contributed by atoms with E-state index >= 15 is 0 Å². The number of fused-ring (bicyclic) bond motifs is 2. The van der Waals surface area contributed by atoms with Crippen LogP contribution in [0.2, 0.25) is 0 Å². The van der Waals surface area contributed by atoms with Crippen molar-refractivity contribution in [1.82, 2.24) is 0 Å². The summed E-state index contributed by atoms with van der Waals surface area (Å²) in [5, 5.41) is 8.88. The molecule has 2 aromatic rings. The Morgan fingerprint density at radius 1 is 0.952 bits per heavy atom. The molecular weight excluding hydrogens is 536 g/mol. The molecule has 234 valence electrons. The molecule has 2 amide bonds. The first kappa shape index (κ1) is 38.0. The van der Waals surface area contributed by atoms with Gasteiger partial charge in [-0.05, 0) is 30.5 Å². The fraction of sp³-hybridized carbons (Fsp3) is 0.485. The fourth-order valence-electron chi connectivity index (χ4n) is 4.26. The van der Waals surface area contributed by atoms with Gasteiger partial charge in [-0.25, -0.2) is 9.59 Å². The molecule has 0 spiro atoms. The predicted octanol–water partition coefficient (Wildman–Crippen LogP) is 8.55. The van der Waals surface area contributed by atoms with E-state index in [-0.39, 0.29) is 30.8 Å². The zero-order valence-electron chi connectivity index (χ0n) is 27.2. The largest absolute Gasteiger partial charge is 0.493 e. The lowest BCUT2D eigenvalue weighted by molar-refractivity contribution is 0.0952. The first-order chi connectivity index (χ1) is 20.2. The molecule has 9 heteroatoms. The first-order valence-corrected chi connectivity index (χ1v) is 14.7. The zero-order valence-corrected chi connectivity index (χ0v) is 27.2. The van der Waals surface area contributed by atoms with Crippen LogP contribution in [0.5, 0.6) is 11.5 Å². The van der Waals surface area contributed by atoms with Crippen molar-refractivity contribution in [1.29, 1.82) is 0 Å². The van der Waals surface area contributed by atoms with Gasteiger partial charge in [0, 0.05) is 30.6 Å². The van der Waals surface area contributed by atoms with Crippen LogP contribution in [0, 0.1) is 5.92 Å². The second-order valence-electron chi connectivity index (χ2n) is 8.59. The highest BCUT2D eigenvalue weighted by molar-refractivity contribution is 6.09. The van der Waals surface area contributed by atoms with Crippen LogP contribution in [0.4, 0.5) is 21.0 Å². The van der Waals surface area contributed by atoms with Gasteiger partial charge in [-0.1, -0.05) is 85.7 Å². The number of carbonyl (C=O) groups is 3. The number of anilines is 2. The van der Waals surface area contributed by atoms with Crippen molar-refractivity contribution in [2.24, 2.45) is 5.92 Å². The summed E-state index contributed by atoms with van der Waals surface area (Å²) in [6.07, 6.45) is 2.69. The summed E-state index contributed by atoms with van der Waals surface area (Å²) < 4.78 is 15.8. The lowest BCUT2D eigenvalue weighted by Gasteiger charge is -2.38. The Kier molecular flexibility index (Phi) is 18.1. The van der Waals surface area contributed by atoms with Crippen molar-refractivity contribution >= 4 is 35.4 Å². The van der Waals surface area contributed by atoms with E-state index in [0.717, 1.165) is 11.3 Å². The number of para-hydroxylation sites is 1. The number of rotatable bonds is 4. The van der Waals surface area contributed by atoms with E-state index in [9.17, 15) is 14.4 Å². The third kappa shape index (κ3) is 9.53. The molecule has 42 heavy (non-hydrogen) atoms. The lowest BCUT2D eigenvalue weighted by atomic mass is 9.88. The summed E-state index contributed by atoms with van der Waals surface area (Å²) >= 11 is 0. The standard InChI is InChI=1S/C17H23NO5.C10H9NO2.3C2H6/c1-6-23-17(20)18-12(10(2)3)8-14(19)11-7-15(21-4)16(22-5)9-13(11)18;12-10(13)11-7-3-5-8-4-1-2-6-9(8)11;3*1-2/h7,9-10,12H,6,8H2,1-5H3;1-6H,7H2,(H,12,13);3*1-2H3. The van der Waals surface area contributed by atoms with Crippen LogP contribution in [0.25, 0.3) is 6.08 Å². The number of nitrogens with zero attached hydrogens (tertiary/aromatic N) is 2. The van der Waals surface area contributed by atoms with Gasteiger partial charge in [-0.15, -0.1) is 0 Å². The van der Waals surface area contributed by atoms with Gasteiger partial charge >= 0.3 is 12.2 Å². The number of ketones is 1. The van der Waals surface area contributed by atoms with E-state index in [1.165, 1.54) is 19.1 Å². The maximum Gasteiger partial charge on any atom is 0.414 e. The molecule has 2 aliphatic rings. The van der Waals surface area contributed by atoms with Gasteiger partial charge in [0.05, 0.1) is 32.2 Å². The van der Waals surface area contributed by atoms with Crippen molar-refractivity contribution in [3.05, 3.63) is 53.6 Å². The second kappa shape index (κ2) is 20.0. The summed E-state index contributed by atoms with van der Waals surface area (Å²) in [5.41, 5.74) is 2.68. The number of Topliss-reactive ketones (excluding diaryl/α,β-unsaturated/α-hetero) is 1. The van der Waals surface area contributed by atoms with Crippen LogP contribution in [-0.4, -0.2) is 56.5 Å². The number of ether oxygens (including phenoxy) is 3. The highest BCUT2D eigenvalue weighted by atomic mass is 16.6.